The van der Waals surface area contributed by atoms with Gasteiger partial charge in [0.1, 0.15) is 42.4 Å². The lowest BCUT2D eigenvalue weighted by molar-refractivity contribution is -0.164. The molecule has 62 heavy (non-hydrogen) atoms. The molecule has 0 unspecified atom stereocenters. The van der Waals surface area contributed by atoms with Gasteiger partial charge in [0.15, 0.2) is 0 Å². The number of hydrogen-bond acceptors (Lipinski definition) is 10. The number of nitrogens with one attached hydrogen (secondary N) is 4. The van der Waals surface area contributed by atoms with E-state index in [1.807, 2.05) is 38.1 Å². The Bertz CT molecular complexity index is 2050. The van der Waals surface area contributed by atoms with E-state index in [0.29, 0.717) is 40.8 Å². The van der Waals surface area contributed by atoms with E-state index in [4.69, 9.17) is 25.8 Å². The lowest BCUT2D eigenvalue weighted by Crippen LogP contribution is -2.74. The minimum absolute atomic E-state index is 0.00229. The molecular formula is C47H61ClN6O8. The first-order chi connectivity index (χ1) is 29.5. The molecule has 0 radical (unpaired) electrons. The summed E-state index contributed by atoms with van der Waals surface area (Å²) in [5.74, 6) is -0.371. The van der Waals surface area contributed by atoms with E-state index in [1.54, 1.807) is 49.6 Å². The summed E-state index contributed by atoms with van der Waals surface area (Å²) in [5.41, 5.74) is 1.95. The predicted octanol–water partition coefficient (Wildman–Crippen LogP) is 5.85. The van der Waals surface area contributed by atoms with Crippen LogP contribution in [-0.2, 0) is 25.7 Å². The number of likely N-dealkylation sites (tertiary alicyclic amines) is 1. The third-order valence-corrected chi connectivity index (χ3v) is 12.2. The standard InChI is InChI=1S/C47H61ClN6O8/c1-29(2)40(43(59)54-27-34(55)23-38(54)42(58)51-26-30-11-18-35(60-7)19-12-30)52-39(56)28-61-22-10-8-9-21-50-33-16-13-31(14-17-33)41(57)53-44-46(3,4)45(47(44,5)6)62-36-20-15-32(25-49)37(48)24-36/h11-20,24,29,34,38,40,44-45,50,55H,8-10,21-23,26-28H2,1-7H3,(H,51,58)(H,52,56)(H,53,57)/t34-,38+,40+,44-,45-/m1/s1. The van der Waals surface area contributed by atoms with Gasteiger partial charge < -0.3 is 45.5 Å². The number of β-amino-alcohol motifs (C(OH)–C–C–N with tert-alkyl or cyclic N) is 1. The predicted molar refractivity (Wildman–Crippen MR) is 237 cm³/mol. The summed E-state index contributed by atoms with van der Waals surface area (Å²) in [6, 6.07) is 19.8. The molecule has 334 valence electrons. The number of methoxy groups -OCH3 is 1. The Hall–Kier alpha value is -5.36. The monoisotopic (exact) mass is 872 g/mol. The largest absolute Gasteiger partial charge is 0.497 e. The molecule has 0 bridgehead atoms. The smallest absolute Gasteiger partial charge is 0.251 e. The second kappa shape index (κ2) is 21.1. The molecule has 5 rings (SSSR count). The molecule has 3 atom stereocenters. The number of anilines is 1. The van der Waals surface area contributed by atoms with Crippen molar-refractivity contribution in [2.45, 2.75) is 104 Å². The zero-order valence-corrected chi connectivity index (χ0v) is 37.5. The van der Waals surface area contributed by atoms with Crippen LogP contribution >= 0.6 is 11.6 Å². The lowest BCUT2D eigenvalue weighted by atomic mass is 9.49. The van der Waals surface area contributed by atoms with E-state index in [2.05, 4.69) is 55.0 Å². The third-order valence-electron chi connectivity index (χ3n) is 11.8. The minimum atomic E-state index is -0.888. The minimum Gasteiger partial charge on any atom is -0.497 e. The van der Waals surface area contributed by atoms with Gasteiger partial charge in [0.25, 0.3) is 5.91 Å². The maximum Gasteiger partial charge on any atom is 0.251 e. The van der Waals surface area contributed by atoms with Crippen LogP contribution in [0.5, 0.6) is 11.5 Å². The fourth-order valence-electron chi connectivity index (χ4n) is 8.72. The lowest BCUT2D eigenvalue weighted by Gasteiger charge is -2.63. The van der Waals surface area contributed by atoms with Gasteiger partial charge in [-0.1, -0.05) is 65.3 Å². The zero-order chi connectivity index (χ0) is 45.2. The maximum atomic E-state index is 13.7. The number of carbonyl (C=O) groups is 4. The highest BCUT2D eigenvalue weighted by Crippen LogP contribution is 2.55. The van der Waals surface area contributed by atoms with Crippen LogP contribution in [0, 0.1) is 28.1 Å². The number of halogens is 1. The van der Waals surface area contributed by atoms with Crippen LogP contribution in [0.15, 0.2) is 66.7 Å². The van der Waals surface area contributed by atoms with Gasteiger partial charge >= 0.3 is 0 Å². The molecule has 3 aromatic carbocycles. The maximum absolute atomic E-state index is 13.7. The van der Waals surface area contributed by atoms with Crippen LogP contribution in [-0.4, -0.2) is 97.4 Å². The molecule has 1 saturated heterocycles. The highest BCUT2D eigenvalue weighted by atomic mass is 35.5. The molecule has 0 spiro atoms. The van der Waals surface area contributed by atoms with E-state index >= 15 is 0 Å². The van der Waals surface area contributed by atoms with E-state index < -0.39 is 30.0 Å². The van der Waals surface area contributed by atoms with E-state index in [0.717, 1.165) is 30.5 Å². The number of carbonyl (C=O) groups excluding carboxylic acids is 4. The fourth-order valence-corrected chi connectivity index (χ4v) is 8.93. The summed E-state index contributed by atoms with van der Waals surface area (Å²) in [7, 11) is 1.58. The summed E-state index contributed by atoms with van der Waals surface area (Å²) in [4.78, 5) is 54.3. The number of nitrogens with zero attached hydrogens (tertiary/aromatic N) is 2. The molecule has 4 amide bonds. The Morgan fingerprint density at radius 1 is 0.952 bits per heavy atom. The molecular weight excluding hydrogens is 812 g/mol. The number of amides is 4. The molecule has 14 nitrogen and oxygen atoms in total. The molecule has 2 fully saturated rings. The van der Waals surface area contributed by atoms with Crippen LogP contribution < -0.4 is 30.7 Å². The van der Waals surface area contributed by atoms with Crippen molar-refractivity contribution in [2.75, 3.05) is 38.7 Å². The van der Waals surface area contributed by atoms with Crippen LogP contribution in [0.4, 0.5) is 5.69 Å². The zero-order valence-electron chi connectivity index (χ0n) is 36.8. The second-order valence-corrected chi connectivity index (χ2v) is 18.1. The average Bonchev–Trinajstić information content (AvgIpc) is 3.65. The number of hydrogen-bond donors (Lipinski definition) is 5. The summed E-state index contributed by atoms with van der Waals surface area (Å²) >= 11 is 6.23. The Morgan fingerprint density at radius 3 is 2.26 bits per heavy atom. The quantitative estimate of drug-likeness (QED) is 0.0862. The van der Waals surface area contributed by atoms with Gasteiger partial charge in [0, 0.05) is 66.9 Å². The first-order valence-electron chi connectivity index (χ1n) is 21.2. The van der Waals surface area contributed by atoms with E-state index in [9.17, 15) is 29.5 Å². The molecule has 0 aromatic heterocycles. The van der Waals surface area contributed by atoms with Crippen LogP contribution in [0.3, 0.4) is 0 Å². The van der Waals surface area contributed by atoms with Crippen molar-refractivity contribution >= 4 is 40.9 Å². The Kier molecular flexibility index (Phi) is 16.3. The molecule has 5 N–H and O–H groups in total. The SMILES string of the molecule is COc1ccc(CNC(=O)[C@@H]2C[C@@H](O)CN2C(=O)[C@@H](NC(=O)COCCCCCNc2ccc(C(=O)N[C@H]3C(C)(C)[C@H](Oc4ccc(C#N)c(Cl)c4)C3(C)C)cc2)C(C)C)cc1. The molecule has 15 heteroatoms. The number of benzene rings is 3. The molecule has 1 aliphatic heterocycles. The number of aliphatic hydroxyl groups is 1. The van der Waals surface area contributed by atoms with Gasteiger partial charge in [-0.15, -0.1) is 0 Å². The van der Waals surface area contributed by atoms with E-state index in [1.165, 1.54) is 4.90 Å². The van der Waals surface area contributed by atoms with Crippen LogP contribution in [0.25, 0.3) is 0 Å². The van der Waals surface area contributed by atoms with Gasteiger partial charge in [-0.25, -0.2) is 0 Å². The number of aliphatic hydroxyl groups excluding tert-OH is 1. The topological polar surface area (TPSA) is 191 Å². The number of nitriles is 1. The normalized spacial score (nSPS) is 20.3. The third kappa shape index (κ3) is 11.8. The average molecular weight is 873 g/mol. The van der Waals surface area contributed by atoms with Gasteiger partial charge in [-0.05, 0) is 79.3 Å². The summed E-state index contributed by atoms with van der Waals surface area (Å²) in [6.45, 7) is 13.0. The summed E-state index contributed by atoms with van der Waals surface area (Å²) < 4.78 is 17.1. The highest BCUT2D eigenvalue weighted by molar-refractivity contribution is 6.31. The molecule has 3 aromatic rings. The Labute approximate surface area is 370 Å². The molecule has 2 aliphatic rings. The first-order valence-corrected chi connectivity index (χ1v) is 21.6. The van der Waals surface area contributed by atoms with Crippen molar-refractivity contribution in [3.05, 3.63) is 88.4 Å². The number of rotatable bonds is 20. The first kappa shape index (κ1) is 47.7. The molecule has 1 heterocycles. The summed E-state index contributed by atoms with van der Waals surface area (Å²) in [6.07, 6.45) is 1.52. The van der Waals surface area contributed by atoms with Crippen LogP contribution in [0.2, 0.25) is 5.02 Å². The van der Waals surface area contributed by atoms with Crippen molar-refractivity contribution in [1.29, 1.82) is 5.26 Å². The Balaban J connectivity index is 0.975. The Morgan fingerprint density at radius 2 is 1.63 bits per heavy atom. The second-order valence-electron chi connectivity index (χ2n) is 17.7. The van der Waals surface area contributed by atoms with Crippen molar-refractivity contribution in [3.63, 3.8) is 0 Å². The van der Waals surface area contributed by atoms with Crippen molar-refractivity contribution in [1.82, 2.24) is 20.9 Å². The molecule has 1 aliphatic carbocycles. The van der Waals surface area contributed by atoms with Crippen molar-refractivity contribution in [2.24, 2.45) is 16.7 Å². The van der Waals surface area contributed by atoms with Crippen molar-refractivity contribution in [3.8, 4) is 17.6 Å². The number of ether oxygens (including phenoxy) is 3. The number of unbranched alkanes of at least 4 members (excludes halogenated alkanes) is 2. The fraction of sp³-hybridized carbons (Fsp3) is 0.511. The van der Waals surface area contributed by atoms with Crippen molar-refractivity contribution < 1.29 is 38.5 Å². The van der Waals surface area contributed by atoms with Gasteiger partial charge in [0.2, 0.25) is 17.7 Å². The van der Waals surface area contributed by atoms with Gasteiger partial charge in [0.05, 0.1) is 23.8 Å². The van der Waals surface area contributed by atoms with Crippen LogP contribution in [0.1, 0.15) is 88.7 Å². The highest BCUT2D eigenvalue weighted by Gasteiger charge is 2.64. The van der Waals surface area contributed by atoms with Gasteiger partial charge in [-0.3, -0.25) is 19.2 Å². The van der Waals surface area contributed by atoms with Gasteiger partial charge in [-0.2, -0.15) is 5.26 Å². The van der Waals surface area contributed by atoms with E-state index in [-0.39, 0.29) is 66.8 Å². The summed E-state index contributed by atoms with van der Waals surface area (Å²) in [5, 5.41) is 32.2. The molecule has 1 saturated carbocycles.